The third-order valence-corrected chi connectivity index (χ3v) is 3.41. The maximum Gasteiger partial charge on any atom is 0.287 e. The van der Waals surface area contributed by atoms with Crippen LogP contribution in [0.4, 0.5) is 0 Å². The lowest BCUT2D eigenvalue weighted by molar-refractivity contribution is -0.0691. The summed E-state index contributed by atoms with van der Waals surface area (Å²) in [4.78, 5) is 21.2. The molecule has 7 nitrogen and oxygen atoms in total. The van der Waals surface area contributed by atoms with E-state index in [1.807, 2.05) is 21.0 Å². The number of carbonyl (C=O) groups excluding carboxylic acids is 1. The first kappa shape index (κ1) is 15.9. The van der Waals surface area contributed by atoms with Gasteiger partial charge in [0.15, 0.2) is 5.82 Å². The summed E-state index contributed by atoms with van der Waals surface area (Å²) < 4.78 is 11.3. The highest BCUT2D eigenvalue weighted by atomic mass is 16.5. The van der Waals surface area contributed by atoms with Gasteiger partial charge in [-0.3, -0.25) is 4.79 Å². The number of H-pyrrole nitrogens is 1. The second-order valence-corrected chi connectivity index (χ2v) is 5.57. The molecule has 0 radical (unpaired) electrons. The minimum Gasteiger partial charge on any atom is -0.379 e. The van der Waals surface area contributed by atoms with Crippen LogP contribution in [-0.4, -0.2) is 73.4 Å². The lowest BCUT2D eigenvalue weighted by Crippen LogP contribution is -2.50. The summed E-state index contributed by atoms with van der Waals surface area (Å²) in [5.74, 6) is 0.141. The molecule has 0 aromatic carbocycles. The summed E-state index contributed by atoms with van der Waals surface area (Å²) in [5, 5.41) is 2.99. The quantitative estimate of drug-likeness (QED) is 0.783. The molecule has 0 aliphatic carbocycles. The van der Waals surface area contributed by atoms with Crippen molar-refractivity contribution in [3.63, 3.8) is 0 Å². The predicted molar refractivity (Wildman–Crippen MR) is 78.3 cm³/mol. The lowest BCUT2D eigenvalue weighted by atomic mass is 10.1. The van der Waals surface area contributed by atoms with Crippen molar-refractivity contribution >= 4 is 5.91 Å². The van der Waals surface area contributed by atoms with Crippen molar-refractivity contribution in [2.45, 2.75) is 25.5 Å². The van der Waals surface area contributed by atoms with E-state index in [-0.39, 0.29) is 18.1 Å². The van der Waals surface area contributed by atoms with Gasteiger partial charge in [-0.1, -0.05) is 0 Å². The summed E-state index contributed by atoms with van der Waals surface area (Å²) in [7, 11) is 4.00. The Balaban J connectivity index is 1.87. The van der Waals surface area contributed by atoms with Gasteiger partial charge in [-0.15, -0.1) is 0 Å². The molecule has 118 valence electrons. The molecule has 1 amide bonds. The number of aromatic nitrogens is 2. The van der Waals surface area contributed by atoms with Gasteiger partial charge in [0.1, 0.15) is 6.10 Å². The molecule has 2 atom stereocenters. The first-order valence-electron chi connectivity index (χ1n) is 7.23. The third-order valence-electron chi connectivity index (χ3n) is 3.41. The first-order chi connectivity index (χ1) is 10.1. The Labute approximate surface area is 125 Å². The van der Waals surface area contributed by atoms with Crippen LogP contribution in [-0.2, 0) is 9.47 Å². The molecule has 1 aromatic rings. The highest BCUT2D eigenvalue weighted by Gasteiger charge is 2.28. The predicted octanol–water partition coefficient (Wildman–Crippen LogP) is 0.184. The van der Waals surface area contributed by atoms with Gasteiger partial charge in [-0.05, 0) is 27.4 Å². The van der Waals surface area contributed by atoms with Gasteiger partial charge >= 0.3 is 0 Å². The van der Waals surface area contributed by atoms with Crippen molar-refractivity contribution in [3.8, 4) is 0 Å². The van der Waals surface area contributed by atoms with Gasteiger partial charge < -0.3 is 24.7 Å². The SMILES string of the molecule is Cc1cnc(C(=O)N[C@@H]2CCOC[C@H]2OCCN(C)C)[nH]1. The second-order valence-electron chi connectivity index (χ2n) is 5.57. The standard InChI is InChI=1S/C14H24N4O3/c1-10-8-15-13(16-10)14(19)17-11-4-6-20-9-12(11)21-7-5-18(2)3/h8,11-12H,4-7,9H2,1-3H3,(H,15,16)(H,17,19)/t11-,12-/m1/s1. The summed E-state index contributed by atoms with van der Waals surface area (Å²) in [6.07, 6.45) is 2.28. The number of rotatable bonds is 6. The summed E-state index contributed by atoms with van der Waals surface area (Å²) in [6.45, 7) is 4.47. The number of aromatic amines is 1. The number of nitrogens with one attached hydrogen (secondary N) is 2. The molecule has 0 unspecified atom stereocenters. The van der Waals surface area contributed by atoms with Gasteiger partial charge in [0.05, 0.1) is 19.3 Å². The maximum atomic E-state index is 12.1. The molecule has 1 aromatic heterocycles. The van der Waals surface area contributed by atoms with Crippen LogP contribution in [0.3, 0.4) is 0 Å². The van der Waals surface area contributed by atoms with Crippen LogP contribution in [0.15, 0.2) is 6.20 Å². The van der Waals surface area contributed by atoms with E-state index < -0.39 is 0 Å². The lowest BCUT2D eigenvalue weighted by Gasteiger charge is -2.32. The van der Waals surface area contributed by atoms with E-state index in [1.165, 1.54) is 0 Å². The van der Waals surface area contributed by atoms with Crippen molar-refractivity contribution in [1.82, 2.24) is 20.2 Å². The van der Waals surface area contributed by atoms with Crippen LogP contribution in [0.5, 0.6) is 0 Å². The zero-order valence-corrected chi connectivity index (χ0v) is 12.9. The summed E-state index contributed by atoms with van der Waals surface area (Å²) in [6, 6.07) is -0.0428. The normalized spacial score (nSPS) is 22.5. The molecule has 1 saturated heterocycles. The second kappa shape index (κ2) is 7.53. The van der Waals surface area contributed by atoms with Gasteiger partial charge in [0.25, 0.3) is 5.91 Å². The van der Waals surface area contributed by atoms with Crippen molar-refractivity contribution < 1.29 is 14.3 Å². The average molecular weight is 296 g/mol. The van der Waals surface area contributed by atoms with Crippen LogP contribution >= 0.6 is 0 Å². The largest absolute Gasteiger partial charge is 0.379 e. The van der Waals surface area contributed by atoms with Gasteiger partial charge in [-0.25, -0.2) is 4.98 Å². The fraction of sp³-hybridized carbons (Fsp3) is 0.714. The van der Waals surface area contributed by atoms with Crippen LogP contribution in [0.1, 0.15) is 22.7 Å². The number of imidazole rings is 1. The molecule has 0 saturated carbocycles. The molecule has 2 rings (SSSR count). The Morgan fingerprint density at radius 1 is 1.62 bits per heavy atom. The maximum absolute atomic E-state index is 12.1. The number of hydrogen-bond donors (Lipinski definition) is 2. The topological polar surface area (TPSA) is 79.5 Å². The molecular weight excluding hydrogens is 272 g/mol. The number of aryl methyl sites for hydroxylation is 1. The monoisotopic (exact) mass is 296 g/mol. The number of likely N-dealkylation sites (N-methyl/N-ethyl adjacent to an activating group) is 1. The van der Waals surface area contributed by atoms with E-state index in [0.29, 0.717) is 25.6 Å². The van der Waals surface area contributed by atoms with Gasteiger partial charge in [0, 0.05) is 25.0 Å². The van der Waals surface area contributed by atoms with Crippen molar-refractivity contribution in [2.24, 2.45) is 0 Å². The number of nitrogens with zero attached hydrogens (tertiary/aromatic N) is 2. The molecule has 21 heavy (non-hydrogen) atoms. The minimum absolute atomic E-state index is 0.0428. The van der Waals surface area contributed by atoms with Crippen molar-refractivity contribution in [1.29, 1.82) is 0 Å². The molecule has 0 spiro atoms. The Morgan fingerprint density at radius 3 is 3.10 bits per heavy atom. The molecule has 7 heteroatoms. The van der Waals surface area contributed by atoms with Crippen molar-refractivity contribution in [2.75, 3.05) is 40.5 Å². The van der Waals surface area contributed by atoms with E-state index in [2.05, 4.69) is 20.2 Å². The summed E-state index contributed by atoms with van der Waals surface area (Å²) in [5.41, 5.74) is 0.867. The highest BCUT2D eigenvalue weighted by molar-refractivity contribution is 5.90. The van der Waals surface area contributed by atoms with E-state index >= 15 is 0 Å². The van der Waals surface area contributed by atoms with Crippen LogP contribution in [0.25, 0.3) is 0 Å². The number of ether oxygens (including phenoxy) is 2. The molecule has 0 bridgehead atoms. The van der Waals surface area contributed by atoms with Crippen LogP contribution < -0.4 is 5.32 Å². The summed E-state index contributed by atoms with van der Waals surface area (Å²) >= 11 is 0. The Morgan fingerprint density at radius 2 is 2.43 bits per heavy atom. The van der Waals surface area contributed by atoms with E-state index in [4.69, 9.17) is 9.47 Å². The highest BCUT2D eigenvalue weighted by Crippen LogP contribution is 2.12. The number of amides is 1. The molecule has 1 aliphatic rings. The fourth-order valence-electron chi connectivity index (χ4n) is 2.19. The zero-order chi connectivity index (χ0) is 15.2. The first-order valence-corrected chi connectivity index (χ1v) is 7.23. The van der Waals surface area contributed by atoms with Crippen LogP contribution in [0, 0.1) is 6.92 Å². The molecule has 2 heterocycles. The van der Waals surface area contributed by atoms with E-state index in [0.717, 1.165) is 18.7 Å². The van der Waals surface area contributed by atoms with Gasteiger partial charge in [-0.2, -0.15) is 0 Å². The number of hydrogen-bond acceptors (Lipinski definition) is 5. The Hall–Kier alpha value is -1.44. The smallest absolute Gasteiger partial charge is 0.287 e. The van der Waals surface area contributed by atoms with E-state index in [1.54, 1.807) is 6.20 Å². The van der Waals surface area contributed by atoms with Crippen LogP contribution in [0.2, 0.25) is 0 Å². The van der Waals surface area contributed by atoms with E-state index in [9.17, 15) is 4.79 Å². The molecule has 2 N–H and O–H groups in total. The molecule has 1 aliphatic heterocycles. The minimum atomic E-state index is -0.198. The Kier molecular flexibility index (Phi) is 5.72. The molecule has 1 fully saturated rings. The Bertz CT molecular complexity index is 461. The van der Waals surface area contributed by atoms with Gasteiger partial charge in [0.2, 0.25) is 0 Å². The third kappa shape index (κ3) is 4.80. The fourth-order valence-corrected chi connectivity index (χ4v) is 2.19. The zero-order valence-electron chi connectivity index (χ0n) is 12.9. The van der Waals surface area contributed by atoms with Crippen molar-refractivity contribution in [3.05, 3.63) is 17.7 Å². The average Bonchev–Trinajstić information content (AvgIpc) is 2.87. The number of carbonyl (C=O) groups is 1. The molecular formula is C14H24N4O3.